The molecule has 0 fully saturated rings. The summed E-state index contributed by atoms with van der Waals surface area (Å²) in [6, 6.07) is 0. The Hall–Kier alpha value is 0.315. The van der Waals surface area contributed by atoms with E-state index in [-0.39, 0.29) is 0 Å². The lowest BCUT2D eigenvalue weighted by Gasteiger charge is -1.92. The van der Waals surface area contributed by atoms with E-state index >= 15 is 0 Å². The summed E-state index contributed by atoms with van der Waals surface area (Å²) < 4.78 is 0. The summed E-state index contributed by atoms with van der Waals surface area (Å²) in [5.41, 5.74) is 0. The fraction of sp³-hybridized carbons (Fsp3) is 1.00. The zero-order chi connectivity index (χ0) is 5.54. The molecular weight excluding hydrogens is 108 g/mol. The number of halogens is 1. The molecule has 0 saturated carbocycles. The topological polar surface area (TPSA) is 12.0 Å². The summed E-state index contributed by atoms with van der Waals surface area (Å²) in [6.07, 6.45) is 2.12. The number of hydrogen-bond donors (Lipinski definition) is 1. The van der Waals surface area contributed by atoms with Crippen LogP contribution in [-0.4, -0.2) is 20.4 Å². The van der Waals surface area contributed by atoms with E-state index in [4.69, 9.17) is 19.6 Å². The molecule has 0 aliphatic rings. The summed E-state index contributed by atoms with van der Waals surface area (Å²) in [6.45, 7) is 0.868. The summed E-state index contributed by atoms with van der Waals surface area (Å²) in [4.78, 5) is 0. The highest BCUT2D eigenvalue weighted by Gasteiger charge is 1.80. The Bertz CT molecular complexity index is 30.9. The predicted octanol–water partition coefficient (Wildman–Crippen LogP) is 0.678. The highest BCUT2D eigenvalue weighted by atomic mass is 35.5. The molecule has 0 bridgehead atoms. The number of nitrogens with one attached hydrogen (secondary N) is 1. The second-order valence-corrected chi connectivity index (χ2v) is 1.73. The number of hydrogen-bond acceptors (Lipinski definition) is 1. The molecule has 0 spiro atoms. The number of unbranched alkanes of at least 4 members (excludes halogenated alkanes) is 1. The summed E-state index contributed by atoms with van der Waals surface area (Å²) >= 11 is 5.37. The van der Waals surface area contributed by atoms with Crippen LogP contribution in [0.2, 0.25) is 0 Å². The van der Waals surface area contributed by atoms with Crippen molar-refractivity contribution in [2.45, 2.75) is 12.8 Å². The molecule has 0 amide bonds. The largest absolute Gasteiger partial charge is 0.366 e. The first-order valence-corrected chi connectivity index (χ1v) is 2.94. The van der Waals surface area contributed by atoms with Crippen LogP contribution in [0, 0.1) is 0 Å². The molecule has 0 saturated heterocycles. The molecule has 0 aliphatic heterocycles. The number of alkyl halides is 1. The van der Waals surface area contributed by atoms with Gasteiger partial charge in [0, 0.05) is 5.88 Å². The van der Waals surface area contributed by atoms with Gasteiger partial charge in [0.1, 0.15) is 0 Å². The molecular formula is C4H9BClN. The first-order valence-electron chi connectivity index (χ1n) is 2.41. The van der Waals surface area contributed by atoms with Crippen molar-refractivity contribution >= 4 is 19.6 Å². The average molecular weight is 117 g/mol. The van der Waals surface area contributed by atoms with Crippen molar-refractivity contribution in [1.82, 2.24) is 5.23 Å². The van der Waals surface area contributed by atoms with Crippen LogP contribution in [0.1, 0.15) is 12.8 Å². The van der Waals surface area contributed by atoms with Crippen LogP contribution >= 0.6 is 11.6 Å². The Morgan fingerprint density at radius 2 is 2.14 bits per heavy atom. The Balaban J connectivity index is 2.45. The standard InChI is InChI=1S/C4H9BClN/c5-7-4-2-1-3-6/h7H,1-4H2. The molecule has 0 rings (SSSR count). The van der Waals surface area contributed by atoms with Gasteiger partial charge in [-0.25, -0.2) is 0 Å². The van der Waals surface area contributed by atoms with E-state index in [0.717, 1.165) is 25.3 Å². The monoisotopic (exact) mass is 117 g/mol. The maximum absolute atomic E-state index is 5.37. The van der Waals surface area contributed by atoms with Gasteiger partial charge >= 0.3 is 0 Å². The number of rotatable bonds is 4. The lowest BCUT2D eigenvalue weighted by Crippen LogP contribution is -2.09. The zero-order valence-electron chi connectivity index (χ0n) is 4.28. The lowest BCUT2D eigenvalue weighted by atomic mass is 10.3. The van der Waals surface area contributed by atoms with Gasteiger partial charge in [-0.05, 0) is 19.4 Å². The van der Waals surface area contributed by atoms with Crippen LogP contribution in [0.4, 0.5) is 0 Å². The second kappa shape index (κ2) is 6.31. The third-order valence-electron chi connectivity index (χ3n) is 0.705. The third-order valence-corrected chi connectivity index (χ3v) is 0.972. The molecule has 0 atom stereocenters. The molecule has 3 heteroatoms. The maximum Gasteiger partial charge on any atom is 0.177 e. The Labute approximate surface area is 50.9 Å². The van der Waals surface area contributed by atoms with Gasteiger partial charge in [0.05, 0.1) is 0 Å². The van der Waals surface area contributed by atoms with Crippen LogP contribution < -0.4 is 5.23 Å². The molecule has 0 aliphatic carbocycles. The minimum Gasteiger partial charge on any atom is -0.366 e. The third kappa shape index (κ3) is 6.31. The maximum atomic E-state index is 5.37. The van der Waals surface area contributed by atoms with Gasteiger partial charge in [0.2, 0.25) is 0 Å². The highest BCUT2D eigenvalue weighted by Crippen LogP contribution is 1.87. The van der Waals surface area contributed by atoms with Crippen molar-refractivity contribution in [3.8, 4) is 0 Å². The predicted molar refractivity (Wildman–Crippen MR) is 33.7 cm³/mol. The van der Waals surface area contributed by atoms with E-state index in [0.29, 0.717) is 0 Å². The Kier molecular flexibility index (Phi) is 6.60. The molecule has 1 N–H and O–H groups in total. The molecule has 2 radical (unpaired) electrons. The van der Waals surface area contributed by atoms with Crippen LogP contribution in [0.5, 0.6) is 0 Å². The van der Waals surface area contributed by atoms with Gasteiger partial charge in [0.25, 0.3) is 0 Å². The molecule has 0 aromatic rings. The first kappa shape index (κ1) is 7.31. The van der Waals surface area contributed by atoms with Crippen molar-refractivity contribution in [2.24, 2.45) is 0 Å². The molecule has 0 aromatic carbocycles. The molecule has 0 unspecified atom stereocenters. The van der Waals surface area contributed by atoms with Crippen LogP contribution in [0.25, 0.3) is 0 Å². The molecule has 40 valence electrons. The molecule has 1 nitrogen and oxygen atoms in total. The molecule has 0 aromatic heterocycles. The minimum absolute atomic E-state index is 0.738. The zero-order valence-corrected chi connectivity index (χ0v) is 5.04. The summed E-state index contributed by atoms with van der Waals surface area (Å²) in [5, 5.41) is 2.54. The van der Waals surface area contributed by atoms with Gasteiger partial charge in [-0.3, -0.25) is 0 Å². The SMILES string of the molecule is [B]NCCCCCl. The van der Waals surface area contributed by atoms with Crippen LogP contribution in [0.15, 0.2) is 0 Å². The minimum atomic E-state index is 0.738. The fourth-order valence-electron chi connectivity index (χ4n) is 0.322. The van der Waals surface area contributed by atoms with E-state index < -0.39 is 0 Å². The van der Waals surface area contributed by atoms with Crippen molar-refractivity contribution in [3.63, 3.8) is 0 Å². The van der Waals surface area contributed by atoms with Gasteiger partial charge in [-0.15, -0.1) is 11.6 Å². The highest BCUT2D eigenvalue weighted by molar-refractivity contribution is 6.17. The van der Waals surface area contributed by atoms with E-state index in [1.54, 1.807) is 0 Å². The van der Waals surface area contributed by atoms with E-state index in [2.05, 4.69) is 5.23 Å². The quantitative estimate of drug-likeness (QED) is 0.324. The van der Waals surface area contributed by atoms with Crippen molar-refractivity contribution in [3.05, 3.63) is 0 Å². The lowest BCUT2D eigenvalue weighted by molar-refractivity contribution is 0.774. The average Bonchev–Trinajstić information content (AvgIpc) is 1.69. The normalized spacial score (nSPS) is 9.29. The van der Waals surface area contributed by atoms with E-state index in [9.17, 15) is 0 Å². The van der Waals surface area contributed by atoms with Crippen LogP contribution in [-0.2, 0) is 0 Å². The fourth-order valence-corrected chi connectivity index (χ4v) is 0.511. The first-order chi connectivity index (χ1) is 3.41. The van der Waals surface area contributed by atoms with Crippen molar-refractivity contribution < 1.29 is 0 Å². The van der Waals surface area contributed by atoms with Gasteiger partial charge in [-0.2, -0.15) is 0 Å². The Morgan fingerprint density at radius 3 is 2.57 bits per heavy atom. The van der Waals surface area contributed by atoms with Crippen molar-refractivity contribution in [2.75, 3.05) is 12.4 Å². The Morgan fingerprint density at radius 1 is 1.43 bits per heavy atom. The summed E-state index contributed by atoms with van der Waals surface area (Å²) in [7, 11) is 4.98. The van der Waals surface area contributed by atoms with E-state index in [1.165, 1.54) is 0 Å². The van der Waals surface area contributed by atoms with Gasteiger partial charge < -0.3 is 5.23 Å². The van der Waals surface area contributed by atoms with E-state index in [1.807, 2.05) is 0 Å². The van der Waals surface area contributed by atoms with Gasteiger partial charge in [-0.1, -0.05) is 0 Å². The van der Waals surface area contributed by atoms with Crippen LogP contribution in [0.3, 0.4) is 0 Å². The smallest absolute Gasteiger partial charge is 0.177 e. The second-order valence-electron chi connectivity index (χ2n) is 1.35. The molecule has 0 heterocycles. The van der Waals surface area contributed by atoms with Gasteiger partial charge in [0.15, 0.2) is 7.98 Å². The van der Waals surface area contributed by atoms with Crippen molar-refractivity contribution in [1.29, 1.82) is 0 Å². The summed E-state index contributed by atoms with van der Waals surface area (Å²) in [5.74, 6) is 0.738. The molecule has 7 heavy (non-hydrogen) atoms.